The van der Waals surface area contributed by atoms with E-state index in [-0.39, 0.29) is 33.5 Å². The number of ketones is 1. The van der Waals surface area contributed by atoms with E-state index in [1.807, 2.05) is 0 Å². The first-order valence-electron chi connectivity index (χ1n) is 6.91. The van der Waals surface area contributed by atoms with Crippen molar-refractivity contribution in [3.05, 3.63) is 39.6 Å². The van der Waals surface area contributed by atoms with Crippen LogP contribution in [0.4, 0.5) is 13.2 Å². The Hall–Kier alpha value is -1.80. The van der Waals surface area contributed by atoms with Crippen molar-refractivity contribution >= 4 is 21.7 Å². The SMILES string of the molecule is COc1c(Br)c2c(c(-c3ccco3)c1C(F)(F)F)C(=O)C(OC)C2. The number of ether oxygens (including phenoxy) is 2. The van der Waals surface area contributed by atoms with Gasteiger partial charge in [-0.25, -0.2) is 0 Å². The third-order valence-corrected chi connectivity index (χ3v) is 4.80. The van der Waals surface area contributed by atoms with E-state index in [9.17, 15) is 18.0 Å². The van der Waals surface area contributed by atoms with E-state index < -0.39 is 23.6 Å². The van der Waals surface area contributed by atoms with E-state index in [1.54, 1.807) is 0 Å². The smallest absolute Gasteiger partial charge is 0.420 e. The number of furan rings is 1. The number of rotatable bonds is 3. The van der Waals surface area contributed by atoms with Crippen LogP contribution >= 0.6 is 15.9 Å². The van der Waals surface area contributed by atoms with E-state index >= 15 is 0 Å². The minimum Gasteiger partial charge on any atom is -0.495 e. The molecule has 0 saturated carbocycles. The highest BCUT2D eigenvalue weighted by Gasteiger charge is 2.46. The number of halogens is 4. The van der Waals surface area contributed by atoms with Gasteiger partial charge in [-0.15, -0.1) is 0 Å². The molecule has 0 N–H and O–H groups in total. The molecule has 8 heteroatoms. The molecule has 0 radical (unpaired) electrons. The Morgan fingerprint density at radius 1 is 1.29 bits per heavy atom. The molecule has 1 aromatic heterocycles. The molecule has 0 bridgehead atoms. The molecular weight excluding hydrogens is 393 g/mol. The molecule has 2 aromatic rings. The molecule has 1 aliphatic carbocycles. The first-order valence-corrected chi connectivity index (χ1v) is 7.71. The number of Topliss-reactive ketones (excluding diaryl/α,β-unsaturated/α-hetero) is 1. The summed E-state index contributed by atoms with van der Waals surface area (Å²) in [5.41, 5.74) is -0.984. The number of alkyl halides is 3. The van der Waals surface area contributed by atoms with Crippen molar-refractivity contribution in [3.8, 4) is 17.1 Å². The van der Waals surface area contributed by atoms with Crippen LogP contribution in [0.2, 0.25) is 0 Å². The molecule has 1 aliphatic rings. The molecule has 0 amide bonds. The van der Waals surface area contributed by atoms with Gasteiger partial charge < -0.3 is 13.9 Å². The van der Waals surface area contributed by atoms with Crippen molar-refractivity contribution < 1.29 is 31.9 Å². The zero-order chi connectivity index (χ0) is 17.6. The monoisotopic (exact) mass is 404 g/mol. The van der Waals surface area contributed by atoms with Gasteiger partial charge in [0.25, 0.3) is 0 Å². The molecule has 0 saturated heterocycles. The fourth-order valence-electron chi connectivity index (χ4n) is 2.97. The minimum absolute atomic E-state index is 0.0446. The molecule has 1 heterocycles. The second-order valence-corrected chi connectivity index (χ2v) is 6.01. The fourth-order valence-corrected chi connectivity index (χ4v) is 3.69. The van der Waals surface area contributed by atoms with Gasteiger partial charge in [-0.05, 0) is 33.6 Å². The number of benzene rings is 1. The Morgan fingerprint density at radius 2 is 2.00 bits per heavy atom. The van der Waals surface area contributed by atoms with Crippen LogP contribution < -0.4 is 4.74 Å². The third-order valence-electron chi connectivity index (χ3n) is 3.96. The van der Waals surface area contributed by atoms with Crippen LogP contribution in [0.15, 0.2) is 27.3 Å². The van der Waals surface area contributed by atoms with Gasteiger partial charge in [-0.1, -0.05) is 0 Å². The van der Waals surface area contributed by atoms with Crippen molar-refractivity contribution in [2.45, 2.75) is 18.7 Å². The molecule has 3 rings (SSSR count). The summed E-state index contributed by atoms with van der Waals surface area (Å²) in [5, 5.41) is 0. The summed E-state index contributed by atoms with van der Waals surface area (Å²) < 4.78 is 56.7. The molecule has 0 fully saturated rings. The number of carbonyl (C=O) groups excluding carboxylic acids is 1. The minimum atomic E-state index is -4.74. The van der Waals surface area contributed by atoms with Crippen LogP contribution in [-0.4, -0.2) is 26.1 Å². The summed E-state index contributed by atoms with van der Waals surface area (Å²) in [6, 6.07) is 2.84. The number of hydrogen-bond donors (Lipinski definition) is 0. The topological polar surface area (TPSA) is 48.7 Å². The standard InChI is InChI=1S/C16H12BrF3O4/c1-22-9-6-7-10(14(9)21)11(8-4-3-5-24-8)12(16(18,19)20)15(23-2)13(7)17/h3-5,9H,6H2,1-2H3. The molecule has 1 unspecified atom stereocenters. The van der Waals surface area contributed by atoms with Crippen LogP contribution in [0.1, 0.15) is 21.5 Å². The maximum atomic E-state index is 13.8. The Labute approximate surface area is 143 Å². The van der Waals surface area contributed by atoms with Gasteiger partial charge in [0.2, 0.25) is 0 Å². The maximum Gasteiger partial charge on any atom is 0.420 e. The highest BCUT2D eigenvalue weighted by molar-refractivity contribution is 9.10. The summed E-state index contributed by atoms with van der Waals surface area (Å²) >= 11 is 3.15. The lowest BCUT2D eigenvalue weighted by atomic mass is 9.93. The van der Waals surface area contributed by atoms with Crippen molar-refractivity contribution in [1.82, 2.24) is 0 Å². The normalized spacial score (nSPS) is 17.2. The van der Waals surface area contributed by atoms with Crippen LogP contribution in [0.3, 0.4) is 0 Å². The van der Waals surface area contributed by atoms with Gasteiger partial charge in [-0.3, -0.25) is 4.79 Å². The fraction of sp³-hybridized carbons (Fsp3) is 0.312. The van der Waals surface area contributed by atoms with E-state index in [4.69, 9.17) is 13.9 Å². The molecule has 128 valence electrons. The van der Waals surface area contributed by atoms with Crippen molar-refractivity contribution in [2.75, 3.05) is 14.2 Å². The highest BCUT2D eigenvalue weighted by atomic mass is 79.9. The Kier molecular flexibility index (Phi) is 4.21. The first kappa shape index (κ1) is 17.0. The molecule has 0 spiro atoms. The Morgan fingerprint density at radius 3 is 2.50 bits per heavy atom. The third kappa shape index (κ3) is 2.44. The van der Waals surface area contributed by atoms with Gasteiger partial charge in [0.1, 0.15) is 23.2 Å². The van der Waals surface area contributed by atoms with Gasteiger partial charge >= 0.3 is 6.18 Å². The Balaban J connectivity index is 2.46. The largest absolute Gasteiger partial charge is 0.495 e. The predicted octanol–water partition coefficient (Wildman–Crippen LogP) is 4.49. The molecule has 24 heavy (non-hydrogen) atoms. The van der Waals surface area contributed by atoms with Crippen LogP contribution in [0.25, 0.3) is 11.3 Å². The molecule has 0 aliphatic heterocycles. The van der Waals surface area contributed by atoms with Gasteiger partial charge in [-0.2, -0.15) is 13.2 Å². The number of methoxy groups -OCH3 is 2. The van der Waals surface area contributed by atoms with Crippen LogP contribution in [0.5, 0.6) is 5.75 Å². The first-order chi connectivity index (χ1) is 11.3. The lowest BCUT2D eigenvalue weighted by Gasteiger charge is -2.20. The second kappa shape index (κ2) is 5.93. The van der Waals surface area contributed by atoms with Crippen molar-refractivity contribution in [2.24, 2.45) is 0 Å². The lowest BCUT2D eigenvalue weighted by molar-refractivity contribution is -0.138. The molecule has 1 aromatic carbocycles. The lowest BCUT2D eigenvalue weighted by Crippen LogP contribution is -2.19. The highest BCUT2D eigenvalue weighted by Crippen LogP contribution is 2.52. The van der Waals surface area contributed by atoms with Crippen LogP contribution in [-0.2, 0) is 17.3 Å². The summed E-state index contributed by atoms with van der Waals surface area (Å²) in [5.74, 6) is -0.931. The molecule has 1 atom stereocenters. The Bertz CT molecular complexity index is 797. The quantitative estimate of drug-likeness (QED) is 0.755. The number of carbonyl (C=O) groups is 1. The summed E-state index contributed by atoms with van der Waals surface area (Å²) in [6.45, 7) is 0. The zero-order valence-electron chi connectivity index (χ0n) is 12.7. The van der Waals surface area contributed by atoms with Gasteiger partial charge in [0.15, 0.2) is 5.78 Å². The predicted molar refractivity (Wildman–Crippen MR) is 82.2 cm³/mol. The maximum absolute atomic E-state index is 13.8. The van der Waals surface area contributed by atoms with E-state index in [0.29, 0.717) is 5.56 Å². The number of fused-ring (bicyclic) bond motifs is 1. The average Bonchev–Trinajstić information content (AvgIpc) is 3.15. The average molecular weight is 405 g/mol. The molecule has 4 nitrogen and oxygen atoms in total. The van der Waals surface area contributed by atoms with Crippen LogP contribution in [0, 0.1) is 0 Å². The van der Waals surface area contributed by atoms with Gasteiger partial charge in [0, 0.05) is 24.7 Å². The summed E-state index contributed by atoms with van der Waals surface area (Å²) in [7, 11) is 2.50. The second-order valence-electron chi connectivity index (χ2n) is 5.22. The number of hydrogen-bond acceptors (Lipinski definition) is 4. The summed E-state index contributed by atoms with van der Waals surface area (Å²) in [6.07, 6.45) is -4.16. The van der Waals surface area contributed by atoms with Gasteiger partial charge in [0.05, 0.1) is 17.8 Å². The molecular formula is C16H12BrF3O4. The van der Waals surface area contributed by atoms with E-state index in [1.165, 1.54) is 25.5 Å². The van der Waals surface area contributed by atoms with Crippen molar-refractivity contribution in [3.63, 3.8) is 0 Å². The van der Waals surface area contributed by atoms with E-state index in [2.05, 4.69) is 15.9 Å². The van der Waals surface area contributed by atoms with Crippen molar-refractivity contribution in [1.29, 1.82) is 0 Å². The zero-order valence-corrected chi connectivity index (χ0v) is 14.2. The summed E-state index contributed by atoms with van der Waals surface area (Å²) in [4.78, 5) is 12.6. The van der Waals surface area contributed by atoms with E-state index in [0.717, 1.165) is 7.11 Å².